The molecule has 0 fully saturated rings. The van der Waals surface area contributed by atoms with E-state index in [4.69, 9.17) is 21.1 Å². The number of hydrogen-bond acceptors (Lipinski definition) is 3. The summed E-state index contributed by atoms with van der Waals surface area (Å²) in [6.07, 6.45) is 0. The van der Waals surface area contributed by atoms with Gasteiger partial charge in [-0.25, -0.2) is 0 Å². The van der Waals surface area contributed by atoms with Crippen molar-refractivity contribution in [3.63, 3.8) is 0 Å². The van der Waals surface area contributed by atoms with Gasteiger partial charge < -0.3 is 9.47 Å². The van der Waals surface area contributed by atoms with E-state index >= 15 is 0 Å². The van der Waals surface area contributed by atoms with Gasteiger partial charge in [0.25, 0.3) is 0 Å². The van der Waals surface area contributed by atoms with E-state index in [1.165, 1.54) is 21.1 Å². The van der Waals surface area contributed by atoms with Crippen LogP contribution < -0.4 is 9.47 Å². The average Bonchev–Trinajstić information content (AvgIpc) is 2.17. The van der Waals surface area contributed by atoms with Crippen LogP contribution in [-0.2, 0) is 0 Å². The van der Waals surface area contributed by atoms with Crippen molar-refractivity contribution < 1.29 is 14.3 Å². The van der Waals surface area contributed by atoms with Crippen molar-refractivity contribution in [1.82, 2.24) is 0 Å². The van der Waals surface area contributed by atoms with Crippen molar-refractivity contribution in [2.24, 2.45) is 0 Å². The van der Waals surface area contributed by atoms with Crippen molar-refractivity contribution in [3.05, 3.63) is 22.7 Å². The monoisotopic (exact) mass is 214 g/mol. The predicted octanol–water partition coefficient (Wildman–Crippen LogP) is 2.56. The first-order chi connectivity index (χ1) is 6.60. The Kier molecular flexibility index (Phi) is 3.36. The maximum Gasteiger partial charge on any atom is 0.163 e. The van der Waals surface area contributed by atoms with Gasteiger partial charge in [0.05, 0.1) is 24.8 Å². The molecule has 0 N–H and O–H groups in total. The van der Waals surface area contributed by atoms with Crippen molar-refractivity contribution in [3.8, 4) is 11.5 Å². The van der Waals surface area contributed by atoms with Gasteiger partial charge in [0.1, 0.15) is 11.5 Å². The molecule has 0 aliphatic heterocycles. The van der Waals surface area contributed by atoms with Crippen LogP contribution in [0.2, 0.25) is 5.02 Å². The van der Waals surface area contributed by atoms with Crippen molar-refractivity contribution in [1.29, 1.82) is 0 Å². The fourth-order valence-corrected chi connectivity index (χ4v) is 1.38. The number of hydrogen-bond donors (Lipinski definition) is 0. The lowest BCUT2D eigenvalue weighted by molar-refractivity contribution is 0.101. The highest BCUT2D eigenvalue weighted by Gasteiger charge is 2.12. The number of halogens is 1. The zero-order chi connectivity index (χ0) is 10.7. The van der Waals surface area contributed by atoms with Gasteiger partial charge in [-0.15, -0.1) is 0 Å². The molecule has 1 aromatic carbocycles. The summed E-state index contributed by atoms with van der Waals surface area (Å²) in [4.78, 5) is 11.2. The van der Waals surface area contributed by atoms with Gasteiger partial charge in [-0.05, 0) is 13.0 Å². The van der Waals surface area contributed by atoms with Crippen LogP contribution >= 0.6 is 11.6 Å². The molecule has 76 valence electrons. The number of ether oxygens (including phenoxy) is 2. The first-order valence-corrected chi connectivity index (χ1v) is 4.40. The zero-order valence-electron chi connectivity index (χ0n) is 8.26. The van der Waals surface area contributed by atoms with E-state index in [1.54, 1.807) is 12.1 Å². The number of benzene rings is 1. The Labute approximate surface area is 87.6 Å². The molecule has 0 saturated carbocycles. The average molecular weight is 215 g/mol. The standard InChI is InChI=1S/C10H11ClO3/c1-6(12)7-4-8(11)10(14-3)5-9(7)13-2/h4-5H,1-3H3. The Morgan fingerprint density at radius 2 is 1.79 bits per heavy atom. The highest BCUT2D eigenvalue weighted by Crippen LogP contribution is 2.32. The van der Waals surface area contributed by atoms with Crippen molar-refractivity contribution in [2.45, 2.75) is 6.92 Å². The molecule has 3 nitrogen and oxygen atoms in total. The summed E-state index contributed by atoms with van der Waals surface area (Å²) >= 11 is 5.87. The third kappa shape index (κ3) is 1.99. The lowest BCUT2D eigenvalue weighted by atomic mass is 10.1. The number of Topliss-reactive ketones (excluding diaryl/α,β-unsaturated/α-hetero) is 1. The van der Waals surface area contributed by atoms with E-state index in [2.05, 4.69) is 0 Å². The first kappa shape index (κ1) is 10.9. The number of ketones is 1. The van der Waals surface area contributed by atoms with Crippen LogP contribution in [0.3, 0.4) is 0 Å². The Morgan fingerprint density at radius 3 is 2.21 bits per heavy atom. The number of carbonyl (C=O) groups is 1. The fraction of sp³-hybridized carbons (Fsp3) is 0.300. The van der Waals surface area contributed by atoms with Crippen LogP contribution in [0.25, 0.3) is 0 Å². The fourth-order valence-electron chi connectivity index (χ4n) is 1.14. The smallest absolute Gasteiger partial charge is 0.163 e. The second-order valence-corrected chi connectivity index (χ2v) is 3.15. The highest BCUT2D eigenvalue weighted by molar-refractivity contribution is 6.32. The van der Waals surface area contributed by atoms with Crippen LogP contribution in [0.15, 0.2) is 12.1 Å². The Balaban J connectivity index is 3.31. The quantitative estimate of drug-likeness (QED) is 0.726. The Hall–Kier alpha value is -1.22. The van der Waals surface area contributed by atoms with E-state index in [-0.39, 0.29) is 5.78 Å². The summed E-state index contributed by atoms with van der Waals surface area (Å²) in [6, 6.07) is 3.14. The molecule has 0 bridgehead atoms. The lowest BCUT2D eigenvalue weighted by Gasteiger charge is -2.09. The molecule has 0 unspecified atom stereocenters. The third-order valence-corrected chi connectivity index (χ3v) is 2.15. The zero-order valence-corrected chi connectivity index (χ0v) is 9.01. The normalized spacial score (nSPS) is 9.71. The molecule has 0 radical (unpaired) electrons. The van der Waals surface area contributed by atoms with Gasteiger partial charge >= 0.3 is 0 Å². The summed E-state index contributed by atoms with van der Waals surface area (Å²) in [5.41, 5.74) is 0.457. The van der Waals surface area contributed by atoms with E-state index in [9.17, 15) is 4.79 Å². The van der Waals surface area contributed by atoms with Crippen molar-refractivity contribution in [2.75, 3.05) is 14.2 Å². The molecule has 4 heteroatoms. The molecular weight excluding hydrogens is 204 g/mol. The van der Waals surface area contributed by atoms with E-state index < -0.39 is 0 Å². The third-order valence-electron chi connectivity index (χ3n) is 1.85. The second-order valence-electron chi connectivity index (χ2n) is 2.74. The molecule has 1 rings (SSSR count). The minimum absolute atomic E-state index is 0.0913. The molecule has 0 aromatic heterocycles. The van der Waals surface area contributed by atoms with E-state index in [0.29, 0.717) is 22.1 Å². The maximum absolute atomic E-state index is 11.2. The van der Waals surface area contributed by atoms with Crippen LogP contribution in [0.4, 0.5) is 0 Å². The number of methoxy groups -OCH3 is 2. The van der Waals surface area contributed by atoms with E-state index in [1.807, 2.05) is 0 Å². The first-order valence-electron chi connectivity index (χ1n) is 4.02. The molecule has 0 aliphatic rings. The molecular formula is C10H11ClO3. The molecule has 0 aliphatic carbocycles. The van der Waals surface area contributed by atoms with Gasteiger partial charge in [-0.3, -0.25) is 4.79 Å². The van der Waals surface area contributed by atoms with Gasteiger partial charge in [-0.1, -0.05) is 11.6 Å². The highest BCUT2D eigenvalue weighted by atomic mass is 35.5. The largest absolute Gasteiger partial charge is 0.496 e. The maximum atomic E-state index is 11.2. The van der Waals surface area contributed by atoms with Crippen molar-refractivity contribution >= 4 is 17.4 Å². The number of rotatable bonds is 3. The van der Waals surface area contributed by atoms with Crippen LogP contribution in [0.5, 0.6) is 11.5 Å². The lowest BCUT2D eigenvalue weighted by Crippen LogP contribution is -1.98. The van der Waals surface area contributed by atoms with Crippen LogP contribution in [0, 0.1) is 0 Å². The second kappa shape index (κ2) is 4.33. The Morgan fingerprint density at radius 1 is 1.21 bits per heavy atom. The molecule has 0 amide bonds. The summed E-state index contributed by atoms with van der Waals surface area (Å²) in [7, 11) is 3.00. The molecule has 0 saturated heterocycles. The molecule has 1 aromatic rings. The SMILES string of the molecule is COc1cc(OC)c(C(C)=O)cc1Cl. The number of carbonyl (C=O) groups excluding carboxylic acids is 1. The van der Waals surface area contributed by atoms with Gasteiger partial charge in [0.2, 0.25) is 0 Å². The molecule has 0 spiro atoms. The minimum Gasteiger partial charge on any atom is -0.496 e. The van der Waals surface area contributed by atoms with Crippen LogP contribution in [0.1, 0.15) is 17.3 Å². The molecule has 0 atom stereocenters. The molecule has 0 heterocycles. The topological polar surface area (TPSA) is 35.5 Å². The minimum atomic E-state index is -0.0913. The summed E-state index contributed by atoms with van der Waals surface area (Å²) in [6.45, 7) is 1.46. The van der Waals surface area contributed by atoms with Crippen LogP contribution in [-0.4, -0.2) is 20.0 Å². The van der Waals surface area contributed by atoms with Gasteiger partial charge in [-0.2, -0.15) is 0 Å². The summed E-state index contributed by atoms with van der Waals surface area (Å²) in [5.74, 6) is 0.874. The van der Waals surface area contributed by atoms with E-state index in [0.717, 1.165) is 0 Å². The molecule has 14 heavy (non-hydrogen) atoms. The summed E-state index contributed by atoms with van der Waals surface area (Å²) in [5, 5.41) is 0.401. The Bertz CT molecular complexity index is 361. The predicted molar refractivity (Wildman–Crippen MR) is 54.6 cm³/mol. The summed E-state index contributed by atoms with van der Waals surface area (Å²) < 4.78 is 10.0. The van der Waals surface area contributed by atoms with Gasteiger partial charge in [0, 0.05) is 6.07 Å². The van der Waals surface area contributed by atoms with Gasteiger partial charge in [0.15, 0.2) is 5.78 Å².